The van der Waals surface area contributed by atoms with Crippen molar-refractivity contribution in [3.63, 3.8) is 0 Å². The van der Waals surface area contributed by atoms with E-state index in [1.807, 2.05) is 0 Å². The molecule has 6 unspecified atom stereocenters. The number of carbonyl (C=O) groups is 2. The van der Waals surface area contributed by atoms with Crippen LogP contribution in [-0.2, 0) is 9.59 Å². The Balaban J connectivity index is 1.13. The summed E-state index contributed by atoms with van der Waals surface area (Å²) in [6, 6.07) is 0.990. The molecule has 0 aromatic rings. The Hall–Kier alpha value is -1.21. The first kappa shape index (κ1) is 21.6. The van der Waals surface area contributed by atoms with Gasteiger partial charge in [-0.3, -0.25) is 14.5 Å². The van der Waals surface area contributed by atoms with Gasteiger partial charge in [0.15, 0.2) is 0 Å². The van der Waals surface area contributed by atoms with Crippen molar-refractivity contribution < 1.29 is 14.0 Å². The summed E-state index contributed by atoms with van der Waals surface area (Å²) in [5, 5.41) is 6.78. The molecule has 3 aliphatic heterocycles. The van der Waals surface area contributed by atoms with Crippen molar-refractivity contribution in [3.8, 4) is 0 Å². The van der Waals surface area contributed by atoms with Gasteiger partial charge in [-0.15, -0.1) is 0 Å². The highest BCUT2D eigenvalue weighted by Crippen LogP contribution is 2.38. The molecule has 0 spiro atoms. The van der Waals surface area contributed by atoms with Gasteiger partial charge in [0.05, 0.1) is 6.04 Å². The van der Waals surface area contributed by atoms with Gasteiger partial charge in [0, 0.05) is 56.1 Å². The van der Waals surface area contributed by atoms with Crippen LogP contribution in [0.5, 0.6) is 0 Å². The van der Waals surface area contributed by atoms with Crippen molar-refractivity contribution in [2.24, 2.45) is 11.8 Å². The molecule has 2 aliphatic carbocycles. The number of carbonyl (C=O) groups excluding carboxylic acids is 2. The summed E-state index contributed by atoms with van der Waals surface area (Å²) >= 11 is 0. The average Bonchev–Trinajstić information content (AvgIpc) is 3.50. The zero-order valence-electron chi connectivity index (χ0n) is 18.9. The van der Waals surface area contributed by atoms with Crippen LogP contribution in [0.1, 0.15) is 71.1 Å². The lowest BCUT2D eigenvalue weighted by Crippen LogP contribution is -2.51. The van der Waals surface area contributed by atoms with E-state index in [4.69, 9.17) is 0 Å². The van der Waals surface area contributed by atoms with Gasteiger partial charge in [0.25, 0.3) is 0 Å². The third-order valence-corrected chi connectivity index (χ3v) is 8.91. The van der Waals surface area contributed by atoms with Crippen LogP contribution in [0.15, 0.2) is 0 Å². The van der Waals surface area contributed by atoms with E-state index in [0.717, 1.165) is 58.2 Å². The fraction of sp³-hybridized carbons (Fsp3) is 0.917. The number of alkyl halides is 1. The molecule has 0 aromatic carbocycles. The summed E-state index contributed by atoms with van der Waals surface area (Å²) in [5.74, 6) is 0.837. The van der Waals surface area contributed by atoms with E-state index in [1.54, 1.807) is 0 Å². The second kappa shape index (κ2) is 8.97. The van der Waals surface area contributed by atoms with Crippen LogP contribution in [-0.4, -0.2) is 77.6 Å². The molecule has 0 radical (unpaired) electrons. The lowest BCUT2D eigenvalue weighted by Gasteiger charge is -2.36. The molecule has 7 heteroatoms. The van der Waals surface area contributed by atoms with Gasteiger partial charge in [-0.25, -0.2) is 4.39 Å². The minimum atomic E-state index is -0.767. The van der Waals surface area contributed by atoms with Crippen LogP contribution in [0.2, 0.25) is 0 Å². The number of hydrogen-bond donors (Lipinski definition) is 2. The third-order valence-electron chi connectivity index (χ3n) is 8.91. The van der Waals surface area contributed by atoms with Crippen LogP contribution < -0.4 is 10.6 Å². The summed E-state index contributed by atoms with van der Waals surface area (Å²) in [5.41, 5.74) is 0. The molecule has 6 nitrogen and oxygen atoms in total. The van der Waals surface area contributed by atoms with Crippen molar-refractivity contribution in [3.05, 3.63) is 0 Å². The van der Waals surface area contributed by atoms with Gasteiger partial charge in [-0.1, -0.05) is 6.92 Å². The Kier molecular flexibility index (Phi) is 6.26. The van der Waals surface area contributed by atoms with Crippen molar-refractivity contribution >= 4 is 11.8 Å². The number of fused-ring (bicyclic) bond motifs is 1. The molecule has 8 atom stereocenters. The molecule has 2 amide bonds. The van der Waals surface area contributed by atoms with E-state index in [2.05, 4.69) is 27.4 Å². The predicted octanol–water partition coefficient (Wildman–Crippen LogP) is 2.23. The van der Waals surface area contributed by atoms with Gasteiger partial charge in [0.1, 0.15) is 6.17 Å². The zero-order valence-corrected chi connectivity index (χ0v) is 18.9. The Morgan fingerprint density at radius 3 is 2.71 bits per heavy atom. The smallest absolute Gasteiger partial charge is 0.237 e. The average molecular weight is 435 g/mol. The number of hydrogen-bond acceptors (Lipinski definition) is 4. The molecular formula is C24H39FN4O2. The molecule has 5 rings (SSSR count). The number of halogens is 1. The van der Waals surface area contributed by atoms with Crippen LogP contribution in [0.3, 0.4) is 0 Å². The lowest BCUT2D eigenvalue weighted by molar-refractivity contribution is -0.129. The highest BCUT2D eigenvalue weighted by Gasteiger charge is 2.46. The van der Waals surface area contributed by atoms with E-state index in [1.165, 1.54) is 6.42 Å². The van der Waals surface area contributed by atoms with Gasteiger partial charge in [-0.2, -0.15) is 0 Å². The molecule has 5 aliphatic rings. The minimum absolute atomic E-state index is 0.00608. The van der Waals surface area contributed by atoms with Crippen LogP contribution >= 0.6 is 0 Å². The van der Waals surface area contributed by atoms with E-state index in [0.29, 0.717) is 43.2 Å². The Morgan fingerprint density at radius 2 is 1.94 bits per heavy atom. The Bertz CT molecular complexity index is 672. The van der Waals surface area contributed by atoms with Crippen molar-refractivity contribution in [2.45, 2.75) is 108 Å². The first-order valence-corrected chi connectivity index (χ1v) is 12.7. The summed E-state index contributed by atoms with van der Waals surface area (Å²) in [6.45, 7) is 5.15. The van der Waals surface area contributed by atoms with Crippen molar-refractivity contribution in [2.75, 3.05) is 19.6 Å². The van der Waals surface area contributed by atoms with Crippen molar-refractivity contribution in [1.29, 1.82) is 0 Å². The predicted molar refractivity (Wildman–Crippen MR) is 117 cm³/mol. The maximum atomic E-state index is 14.4. The van der Waals surface area contributed by atoms with E-state index in [9.17, 15) is 14.0 Å². The fourth-order valence-electron chi connectivity index (χ4n) is 7.14. The number of amides is 2. The summed E-state index contributed by atoms with van der Waals surface area (Å²) in [7, 11) is 0. The Morgan fingerprint density at radius 1 is 1.06 bits per heavy atom. The molecule has 3 heterocycles. The fourth-order valence-corrected chi connectivity index (χ4v) is 7.14. The number of rotatable bonds is 4. The van der Waals surface area contributed by atoms with Gasteiger partial charge in [-0.05, 0) is 63.7 Å². The van der Waals surface area contributed by atoms with Gasteiger partial charge < -0.3 is 15.5 Å². The highest BCUT2D eigenvalue weighted by molar-refractivity contribution is 5.82. The second-order valence-corrected chi connectivity index (χ2v) is 10.9. The standard InChI is InChI=1S/C24H39FN4O2/c1-15-7-8-20(25)19-13-21(27-23(15)19)24(31)26-16-4-2-5-17(12-16)28-11-9-18(14-28)29-10-3-6-22(29)30/h15-21,23,27H,2-14H2,1H3,(H,26,31)/t15?,16-,17-,18?,19?,20?,21?,23?/m1/s1. The van der Waals surface area contributed by atoms with Gasteiger partial charge >= 0.3 is 0 Å². The summed E-state index contributed by atoms with van der Waals surface area (Å²) in [4.78, 5) is 29.8. The van der Waals surface area contributed by atoms with E-state index in [-0.39, 0.29) is 30.0 Å². The first-order valence-electron chi connectivity index (χ1n) is 12.7. The molecule has 174 valence electrons. The van der Waals surface area contributed by atoms with Crippen LogP contribution in [0, 0.1) is 11.8 Å². The normalized spacial score (nSPS) is 43.9. The topological polar surface area (TPSA) is 64.7 Å². The quantitative estimate of drug-likeness (QED) is 0.712. The molecule has 2 saturated carbocycles. The number of nitrogens with zero attached hydrogens (tertiary/aromatic N) is 2. The highest BCUT2D eigenvalue weighted by atomic mass is 19.1. The second-order valence-electron chi connectivity index (χ2n) is 10.9. The molecule has 5 fully saturated rings. The van der Waals surface area contributed by atoms with Crippen LogP contribution in [0.25, 0.3) is 0 Å². The minimum Gasteiger partial charge on any atom is -0.352 e. The molecule has 2 N–H and O–H groups in total. The maximum Gasteiger partial charge on any atom is 0.237 e. The summed E-state index contributed by atoms with van der Waals surface area (Å²) in [6.07, 6.45) is 8.56. The number of likely N-dealkylation sites (tertiary alicyclic amines) is 2. The van der Waals surface area contributed by atoms with E-state index < -0.39 is 6.17 Å². The van der Waals surface area contributed by atoms with Gasteiger partial charge in [0.2, 0.25) is 11.8 Å². The third kappa shape index (κ3) is 4.37. The first-order chi connectivity index (χ1) is 15.0. The van der Waals surface area contributed by atoms with Crippen LogP contribution in [0.4, 0.5) is 4.39 Å². The van der Waals surface area contributed by atoms with Crippen molar-refractivity contribution in [1.82, 2.24) is 20.4 Å². The summed E-state index contributed by atoms with van der Waals surface area (Å²) < 4.78 is 14.4. The molecule has 0 bridgehead atoms. The molecule has 31 heavy (non-hydrogen) atoms. The zero-order chi connectivity index (χ0) is 21.5. The largest absolute Gasteiger partial charge is 0.352 e. The lowest BCUT2D eigenvalue weighted by atomic mass is 9.77. The monoisotopic (exact) mass is 434 g/mol. The maximum absolute atomic E-state index is 14.4. The Labute approximate surface area is 185 Å². The SMILES string of the molecule is CC1CCC(F)C2CC(C(=O)N[C@@H]3CCC[C@@H](N4CCC(N5CCCC5=O)C4)C3)NC12. The molecule has 3 saturated heterocycles. The number of nitrogens with one attached hydrogen (secondary N) is 2. The molecule has 0 aromatic heterocycles. The van der Waals surface area contributed by atoms with E-state index >= 15 is 0 Å². The molecular weight excluding hydrogens is 395 g/mol.